The van der Waals surface area contributed by atoms with Crippen molar-refractivity contribution in [2.75, 3.05) is 24.3 Å². The molecule has 0 aliphatic rings. The van der Waals surface area contributed by atoms with Crippen LogP contribution in [-0.2, 0) is 0 Å². The number of aryl methyl sites for hydroxylation is 1. The van der Waals surface area contributed by atoms with Crippen LogP contribution in [0, 0.1) is 17.0 Å². The Labute approximate surface area is 117 Å². The number of hydrogen-bond acceptors (Lipinski definition) is 5. The van der Waals surface area contributed by atoms with Gasteiger partial charge in [-0.25, -0.2) is 4.98 Å². The molecule has 0 saturated carbocycles. The highest BCUT2D eigenvalue weighted by Crippen LogP contribution is 2.31. The van der Waals surface area contributed by atoms with E-state index in [2.05, 4.69) is 10.3 Å². The van der Waals surface area contributed by atoms with Crippen LogP contribution in [0.1, 0.15) is 5.56 Å². The van der Waals surface area contributed by atoms with Crippen molar-refractivity contribution in [3.8, 4) is 0 Å². The van der Waals surface area contributed by atoms with Gasteiger partial charge in [0, 0.05) is 25.8 Å². The van der Waals surface area contributed by atoms with Crippen LogP contribution in [-0.4, -0.2) is 24.0 Å². The highest BCUT2D eigenvalue weighted by atomic mass is 16.6. The number of nitro groups is 1. The lowest BCUT2D eigenvalue weighted by Gasteiger charge is -2.19. The molecule has 0 radical (unpaired) electrons. The summed E-state index contributed by atoms with van der Waals surface area (Å²) in [7, 11) is 3.49. The molecule has 0 atom stereocenters. The summed E-state index contributed by atoms with van der Waals surface area (Å²) in [4.78, 5) is 16.7. The number of nitrogens with one attached hydrogen (secondary N) is 1. The Hall–Kier alpha value is -2.63. The molecule has 104 valence electrons. The molecule has 1 N–H and O–H groups in total. The first-order valence-electron chi connectivity index (χ1n) is 6.16. The quantitative estimate of drug-likeness (QED) is 0.684. The predicted molar refractivity (Wildman–Crippen MR) is 79.7 cm³/mol. The number of nitrogens with zero attached hydrogens (tertiary/aromatic N) is 3. The molecule has 0 unspecified atom stereocenters. The third kappa shape index (κ3) is 2.69. The average molecular weight is 272 g/mol. The Morgan fingerprint density at radius 1 is 1.20 bits per heavy atom. The molecular weight excluding hydrogens is 256 g/mol. The maximum atomic E-state index is 11.1. The van der Waals surface area contributed by atoms with Crippen LogP contribution in [0.25, 0.3) is 0 Å². The Kier molecular flexibility index (Phi) is 3.84. The van der Waals surface area contributed by atoms with Crippen molar-refractivity contribution in [1.29, 1.82) is 0 Å². The maximum absolute atomic E-state index is 11.1. The summed E-state index contributed by atoms with van der Waals surface area (Å²) < 4.78 is 0. The third-order valence-corrected chi connectivity index (χ3v) is 3.05. The van der Waals surface area contributed by atoms with Crippen molar-refractivity contribution in [2.45, 2.75) is 6.92 Å². The molecule has 0 fully saturated rings. The highest BCUT2D eigenvalue weighted by Gasteiger charge is 2.20. The van der Waals surface area contributed by atoms with E-state index in [4.69, 9.17) is 0 Å². The molecule has 20 heavy (non-hydrogen) atoms. The predicted octanol–water partition coefficient (Wildman–Crippen LogP) is 3.11. The Morgan fingerprint density at radius 2 is 1.85 bits per heavy atom. The molecule has 0 aliphatic heterocycles. The molecule has 1 aromatic heterocycles. The largest absolute Gasteiger partial charge is 0.373 e. The molecule has 0 spiro atoms. The van der Waals surface area contributed by atoms with Gasteiger partial charge in [-0.05, 0) is 25.1 Å². The normalized spacial score (nSPS) is 10.2. The molecule has 0 saturated heterocycles. The number of anilines is 3. The van der Waals surface area contributed by atoms with Gasteiger partial charge in [0.2, 0.25) is 5.82 Å². The minimum atomic E-state index is -0.424. The summed E-state index contributed by atoms with van der Waals surface area (Å²) >= 11 is 0. The summed E-state index contributed by atoms with van der Waals surface area (Å²) in [6.07, 6.45) is 0. The Bertz CT molecular complexity index is 626. The van der Waals surface area contributed by atoms with Gasteiger partial charge in [-0.1, -0.05) is 17.7 Å². The van der Waals surface area contributed by atoms with Crippen molar-refractivity contribution in [2.24, 2.45) is 0 Å². The smallest absolute Gasteiger partial charge is 0.312 e. The van der Waals surface area contributed by atoms with Gasteiger partial charge in [-0.3, -0.25) is 10.1 Å². The van der Waals surface area contributed by atoms with E-state index < -0.39 is 4.92 Å². The Morgan fingerprint density at radius 3 is 2.40 bits per heavy atom. The van der Waals surface area contributed by atoms with Crippen LogP contribution in [0.3, 0.4) is 0 Å². The van der Waals surface area contributed by atoms with Crippen LogP contribution in [0.15, 0.2) is 36.4 Å². The topological polar surface area (TPSA) is 71.3 Å². The lowest BCUT2D eigenvalue weighted by Crippen LogP contribution is -2.14. The second-order valence-electron chi connectivity index (χ2n) is 4.44. The fraction of sp³-hybridized carbons (Fsp3) is 0.214. The molecule has 6 heteroatoms. The van der Waals surface area contributed by atoms with Crippen LogP contribution in [0.4, 0.5) is 23.0 Å². The number of aromatic nitrogens is 1. The lowest BCUT2D eigenvalue weighted by atomic mass is 10.2. The van der Waals surface area contributed by atoms with Crippen LogP contribution in [0.5, 0.6) is 0 Å². The number of benzene rings is 1. The van der Waals surface area contributed by atoms with E-state index in [9.17, 15) is 10.1 Å². The zero-order valence-electron chi connectivity index (χ0n) is 11.6. The molecule has 0 aliphatic carbocycles. The van der Waals surface area contributed by atoms with Crippen molar-refractivity contribution in [3.63, 3.8) is 0 Å². The van der Waals surface area contributed by atoms with Gasteiger partial charge in [0.1, 0.15) is 5.82 Å². The zero-order chi connectivity index (χ0) is 14.7. The highest BCUT2D eigenvalue weighted by molar-refractivity contribution is 5.69. The zero-order valence-corrected chi connectivity index (χ0v) is 11.6. The molecular formula is C14H16N4O2. The van der Waals surface area contributed by atoms with Gasteiger partial charge in [0.25, 0.3) is 0 Å². The lowest BCUT2D eigenvalue weighted by molar-refractivity contribution is -0.384. The number of hydrogen-bond donors (Lipinski definition) is 1. The Balaban J connectivity index is 2.48. The molecule has 1 heterocycles. The SMILES string of the molecule is CNc1ccc([N+](=O)[O-])c(N(C)c2ccc(C)cc2)n1. The second kappa shape index (κ2) is 5.56. The first-order chi connectivity index (χ1) is 9.52. The first-order valence-corrected chi connectivity index (χ1v) is 6.16. The van der Waals surface area contributed by atoms with Crippen LogP contribution in [0.2, 0.25) is 0 Å². The molecule has 1 aromatic carbocycles. The van der Waals surface area contributed by atoms with Crippen molar-refractivity contribution in [1.82, 2.24) is 4.98 Å². The van der Waals surface area contributed by atoms with Crippen molar-refractivity contribution < 1.29 is 4.92 Å². The van der Waals surface area contributed by atoms with Gasteiger partial charge in [0.15, 0.2) is 0 Å². The van der Waals surface area contributed by atoms with Crippen LogP contribution < -0.4 is 10.2 Å². The first kappa shape index (κ1) is 13.8. The van der Waals surface area contributed by atoms with Gasteiger partial charge in [0.05, 0.1) is 4.92 Å². The van der Waals surface area contributed by atoms with E-state index >= 15 is 0 Å². The van der Waals surface area contributed by atoms with Gasteiger partial charge in [-0.2, -0.15) is 0 Å². The van der Waals surface area contributed by atoms with Crippen molar-refractivity contribution in [3.05, 3.63) is 52.1 Å². The molecule has 0 bridgehead atoms. The van der Waals surface area contributed by atoms with Crippen molar-refractivity contribution >= 4 is 23.0 Å². The fourth-order valence-electron chi connectivity index (χ4n) is 1.86. The summed E-state index contributed by atoms with van der Waals surface area (Å²) in [6, 6.07) is 10.8. The van der Waals surface area contributed by atoms with Gasteiger partial charge < -0.3 is 10.2 Å². The van der Waals surface area contributed by atoms with Gasteiger partial charge >= 0.3 is 5.69 Å². The van der Waals surface area contributed by atoms with E-state index in [1.165, 1.54) is 6.07 Å². The van der Waals surface area contributed by atoms with Gasteiger partial charge in [-0.15, -0.1) is 0 Å². The van der Waals surface area contributed by atoms with E-state index in [-0.39, 0.29) is 5.69 Å². The fourth-order valence-corrected chi connectivity index (χ4v) is 1.86. The maximum Gasteiger partial charge on any atom is 0.312 e. The molecule has 2 rings (SSSR count). The summed E-state index contributed by atoms with van der Waals surface area (Å²) in [5.41, 5.74) is 1.96. The average Bonchev–Trinajstić information content (AvgIpc) is 2.46. The van der Waals surface area contributed by atoms with Crippen LogP contribution >= 0.6 is 0 Å². The van der Waals surface area contributed by atoms with E-state index in [0.717, 1.165) is 11.3 Å². The summed E-state index contributed by atoms with van der Waals surface area (Å²) in [6.45, 7) is 1.99. The molecule has 0 amide bonds. The summed E-state index contributed by atoms with van der Waals surface area (Å²) in [5.74, 6) is 0.898. The second-order valence-corrected chi connectivity index (χ2v) is 4.44. The monoisotopic (exact) mass is 272 g/mol. The third-order valence-electron chi connectivity index (χ3n) is 3.05. The number of pyridine rings is 1. The molecule has 2 aromatic rings. The molecule has 6 nitrogen and oxygen atoms in total. The minimum Gasteiger partial charge on any atom is -0.373 e. The van der Waals surface area contributed by atoms with E-state index in [0.29, 0.717) is 11.6 Å². The van der Waals surface area contributed by atoms with E-state index in [1.54, 1.807) is 25.1 Å². The standard InChI is InChI=1S/C14H16N4O2/c1-10-4-6-11(7-5-10)17(3)14-12(18(19)20)8-9-13(15-2)16-14/h4-9H,1-3H3,(H,15,16). The summed E-state index contributed by atoms with van der Waals surface area (Å²) in [5, 5.41) is 14.0. The minimum absolute atomic E-state index is 0.0212. The number of rotatable bonds is 4. The van der Waals surface area contributed by atoms with E-state index in [1.807, 2.05) is 31.2 Å².